The van der Waals surface area contributed by atoms with Crippen LogP contribution in [0.1, 0.15) is 38.8 Å². The molecule has 0 aromatic heterocycles. The molecule has 6 rings (SSSR count). The van der Waals surface area contributed by atoms with Gasteiger partial charge in [0.25, 0.3) is 0 Å². The molecule has 0 atom stereocenters. The Kier molecular flexibility index (Phi) is 11.3. The molecular formula is C44H42N2O2S. The summed E-state index contributed by atoms with van der Waals surface area (Å²) in [6.45, 7) is 16.3. The van der Waals surface area contributed by atoms with E-state index >= 15 is 0 Å². The zero-order chi connectivity index (χ0) is 35.0. The third-order valence-corrected chi connectivity index (χ3v) is 9.42. The van der Waals surface area contributed by atoms with Crippen molar-refractivity contribution in [3.8, 4) is 11.1 Å². The highest BCUT2D eigenvalue weighted by molar-refractivity contribution is 8.02. The number of amidine groups is 1. The van der Waals surface area contributed by atoms with E-state index in [1.165, 1.54) is 51.4 Å². The van der Waals surface area contributed by atoms with Crippen LogP contribution < -0.4 is 4.90 Å². The largest absolute Gasteiger partial charge is 0.392 e. The first-order chi connectivity index (χ1) is 23.8. The van der Waals surface area contributed by atoms with Crippen LogP contribution in [0.3, 0.4) is 0 Å². The average Bonchev–Trinajstić information content (AvgIpc) is 3.45. The van der Waals surface area contributed by atoms with E-state index in [4.69, 9.17) is 16.1 Å². The number of hydrogen-bond acceptors (Lipinski definition) is 5. The molecule has 0 fully saturated rings. The Morgan fingerprint density at radius 3 is 1.78 bits per heavy atom. The number of anilines is 2. The lowest BCUT2D eigenvalue weighted by Crippen LogP contribution is -2.31. The fraction of sp³-hybridized carbons (Fsp3) is 0.136. The van der Waals surface area contributed by atoms with Crippen LogP contribution >= 0.6 is 11.9 Å². The Morgan fingerprint density at radius 2 is 1.33 bits per heavy atom. The lowest BCUT2D eigenvalue weighted by Gasteiger charge is -2.35. The number of carbonyl (C=O) groups excluding carboxylic acids is 1. The van der Waals surface area contributed by atoms with Crippen molar-refractivity contribution in [1.82, 2.24) is 0 Å². The van der Waals surface area contributed by atoms with Gasteiger partial charge in [0, 0.05) is 33.8 Å². The van der Waals surface area contributed by atoms with Gasteiger partial charge in [-0.25, -0.2) is 0 Å². The number of aliphatic hydroxyl groups is 1. The smallest absolute Gasteiger partial charge is 0.150 e. The molecule has 4 nitrogen and oxygen atoms in total. The highest BCUT2D eigenvalue weighted by Crippen LogP contribution is 2.57. The van der Waals surface area contributed by atoms with Crippen molar-refractivity contribution in [2.75, 3.05) is 11.5 Å². The standard InChI is InChI=1S/C37H32N2S.C7H10O2/c1-26(2)23-31-24-27(3)37(34-21-13-11-19-32(34)33-20-12-14-22-35(33)37)28(4)25-36(38-40-31)39(29-15-7-5-8-16-29)30-17-9-6-10-18-30;1-3-7(5-9)6(2)4-8/h5-25H,3H2,1-2,4H3;3,5,8H,1,4H2,2H3/b28-25+,31-24-,38-36+;7-6-. The number of fused-ring (bicyclic) bond motifs is 5. The summed E-state index contributed by atoms with van der Waals surface area (Å²) in [5.74, 6) is 0.865. The molecule has 1 aliphatic heterocycles. The maximum Gasteiger partial charge on any atom is 0.150 e. The van der Waals surface area contributed by atoms with Crippen molar-refractivity contribution in [3.05, 3.63) is 191 Å². The Bertz CT molecular complexity index is 1920. The minimum Gasteiger partial charge on any atom is -0.392 e. The van der Waals surface area contributed by atoms with Crippen LogP contribution in [0.5, 0.6) is 0 Å². The number of hydrogen-bond donors (Lipinski definition) is 1. The predicted molar refractivity (Wildman–Crippen MR) is 209 cm³/mol. The molecule has 0 bridgehead atoms. The predicted octanol–water partition coefficient (Wildman–Crippen LogP) is 10.9. The van der Waals surface area contributed by atoms with Crippen LogP contribution in [0.15, 0.2) is 184 Å². The van der Waals surface area contributed by atoms with Gasteiger partial charge in [0.05, 0.1) is 12.0 Å². The average molecular weight is 663 g/mol. The van der Waals surface area contributed by atoms with Gasteiger partial charge in [0.15, 0.2) is 0 Å². The molecule has 0 radical (unpaired) electrons. The van der Waals surface area contributed by atoms with Crippen molar-refractivity contribution in [1.29, 1.82) is 0 Å². The van der Waals surface area contributed by atoms with Crippen molar-refractivity contribution < 1.29 is 9.90 Å². The second kappa shape index (κ2) is 15.8. The molecule has 0 saturated carbocycles. The van der Waals surface area contributed by atoms with E-state index in [0.717, 1.165) is 27.7 Å². The van der Waals surface area contributed by atoms with E-state index < -0.39 is 5.41 Å². The molecule has 246 valence electrons. The van der Waals surface area contributed by atoms with Crippen molar-refractivity contribution >= 4 is 35.4 Å². The Hall–Kier alpha value is -5.23. The quantitative estimate of drug-likeness (QED) is 0.0966. The summed E-state index contributed by atoms with van der Waals surface area (Å²) in [6.07, 6.45) is 8.80. The first kappa shape index (κ1) is 35.1. The molecule has 0 unspecified atom stereocenters. The van der Waals surface area contributed by atoms with Gasteiger partial charge in [-0.15, -0.1) is 0 Å². The van der Waals surface area contributed by atoms with Crippen LogP contribution in [0, 0.1) is 0 Å². The number of benzene rings is 4. The minimum absolute atomic E-state index is 0.0832. The number of para-hydroxylation sites is 2. The fourth-order valence-corrected chi connectivity index (χ4v) is 7.25. The highest BCUT2D eigenvalue weighted by Gasteiger charge is 2.46. The summed E-state index contributed by atoms with van der Waals surface area (Å²) < 4.78 is 5.21. The Labute approximate surface area is 295 Å². The summed E-state index contributed by atoms with van der Waals surface area (Å²) in [5.41, 5.74) is 11.2. The molecule has 1 aliphatic carbocycles. The molecule has 1 N–H and O–H groups in total. The number of aliphatic hydroxyl groups excluding tert-OH is 1. The molecule has 4 aromatic carbocycles. The van der Waals surface area contributed by atoms with Gasteiger partial charge in [-0.2, -0.15) is 4.40 Å². The van der Waals surface area contributed by atoms with Crippen LogP contribution in [0.2, 0.25) is 0 Å². The number of allylic oxidation sites excluding steroid dienone is 7. The lowest BCUT2D eigenvalue weighted by molar-refractivity contribution is -0.104. The first-order valence-corrected chi connectivity index (χ1v) is 17.0. The molecule has 49 heavy (non-hydrogen) atoms. The molecule has 1 spiro atoms. The van der Waals surface area contributed by atoms with Crippen LogP contribution in [-0.2, 0) is 10.2 Å². The van der Waals surface area contributed by atoms with Gasteiger partial charge >= 0.3 is 0 Å². The summed E-state index contributed by atoms with van der Waals surface area (Å²) in [4.78, 5) is 13.4. The Morgan fingerprint density at radius 1 is 0.816 bits per heavy atom. The first-order valence-electron chi connectivity index (χ1n) is 16.2. The van der Waals surface area contributed by atoms with Crippen LogP contribution in [-0.4, -0.2) is 23.8 Å². The maximum absolute atomic E-state index is 10.1. The fourth-order valence-electron chi connectivity index (χ4n) is 6.43. The third-order valence-electron chi connectivity index (χ3n) is 8.70. The summed E-state index contributed by atoms with van der Waals surface area (Å²) >= 11 is 1.50. The number of nitrogens with zero attached hydrogens (tertiary/aromatic N) is 2. The van der Waals surface area contributed by atoms with E-state index in [9.17, 15) is 4.79 Å². The molecule has 5 heteroatoms. The number of aldehydes is 1. The van der Waals surface area contributed by atoms with Crippen molar-refractivity contribution in [3.63, 3.8) is 0 Å². The summed E-state index contributed by atoms with van der Waals surface area (Å²) in [7, 11) is 0. The molecular weight excluding hydrogens is 621 g/mol. The summed E-state index contributed by atoms with van der Waals surface area (Å²) in [5, 5.41) is 8.50. The SMILES string of the molecule is C=C/C(C=O)=C(\C)CO.C=C1/C=C(/C=C(C)C)S/N=C(N(c2ccccc2)c2ccccc2)\C=C(/C)C12c1ccccc1-c1ccccc12. The normalized spacial score (nSPS) is 18.1. The van der Waals surface area contributed by atoms with E-state index in [1.807, 2.05) is 0 Å². The molecule has 2 aliphatic rings. The monoisotopic (exact) mass is 662 g/mol. The van der Waals surface area contributed by atoms with Gasteiger partial charge in [-0.1, -0.05) is 115 Å². The minimum atomic E-state index is -0.515. The Balaban J connectivity index is 0.000000459. The zero-order valence-corrected chi connectivity index (χ0v) is 29.4. The van der Waals surface area contributed by atoms with Gasteiger partial charge in [0.1, 0.15) is 12.1 Å². The van der Waals surface area contributed by atoms with Crippen molar-refractivity contribution in [2.24, 2.45) is 4.40 Å². The number of carbonyl (C=O) groups is 1. The molecule has 0 amide bonds. The summed E-state index contributed by atoms with van der Waals surface area (Å²) in [6, 6.07) is 38.5. The third kappa shape index (κ3) is 7.14. The highest BCUT2D eigenvalue weighted by atomic mass is 32.2. The van der Waals surface area contributed by atoms with Gasteiger partial charge in [0.2, 0.25) is 0 Å². The van der Waals surface area contributed by atoms with Gasteiger partial charge in [-0.05, 0) is 104 Å². The van der Waals surface area contributed by atoms with Crippen molar-refractivity contribution in [2.45, 2.75) is 33.1 Å². The van der Waals surface area contributed by atoms with Crippen LogP contribution in [0.4, 0.5) is 11.4 Å². The topological polar surface area (TPSA) is 52.9 Å². The van der Waals surface area contributed by atoms with E-state index in [1.54, 1.807) is 6.92 Å². The lowest BCUT2D eigenvalue weighted by atomic mass is 9.67. The van der Waals surface area contributed by atoms with E-state index in [2.05, 4.69) is 160 Å². The molecule has 1 heterocycles. The van der Waals surface area contributed by atoms with E-state index in [0.29, 0.717) is 17.4 Å². The second-order valence-corrected chi connectivity index (χ2v) is 13.1. The maximum atomic E-state index is 10.1. The number of rotatable bonds is 6. The van der Waals surface area contributed by atoms with Gasteiger partial charge < -0.3 is 5.11 Å². The molecule has 4 aromatic rings. The second-order valence-electron chi connectivity index (χ2n) is 12.2. The molecule has 0 saturated heterocycles. The van der Waals surface area contributed by atoms with Crippen LogP contribution in [0.25, 0.3) is 11.1 Å². The van der Waals surface area contributed by atoms with E-state index in [-0.39, 0.29) is 6.61 Å². The van der Waals surface area contributed by atoms with Gasteiger partial charge in [-0.3, -0.25) is 9.69 Å². The zero-order valence-electron chi connectivity index (χ0n) is 28.6.